The van der Waals surface area contributed by atoms with Gasteiger partial charge < -0.3 is 5.73 Å². The smallest absolute Gasteiger partial charge is 0.0134 e. The van der Waals surface area contributed by atoms with Crippen LogP contribution >= 0.6 is 11.8 Å². The molecule has 0 amide bonds. The largest absolute Gasteiger partial charge is 0.327 e. The van der Waals surface area contributed by atoms with E-state index >= 15 is 0 Å². The molecule has 0 saturated heterocycles. The average Bonchev–Trinajstić information content (AvgIpc) is 2.48. The Balaban J connectivity index is 1.65. The number of nitrogens with two attached hydrogens (primary N) is 1. The Kier molecular flexibility index (Phi) is 6.16. The van der Waals surface area contributed by atoms with Crippen LogP contribution in [0.2, 0.25) is 0 Å². The van der Waals surface area contributed by atoms with Crippen molar-refractivity contribution in [3.05, 3.63) is 65.7 Å². The van der Waals surface area contributed by atoms with E-state index in [-0.39, 0.29) is 6.04 Å². The van der Waals surface area contributed by atoms with E-state index in [0.29, 0.717) is 0 Å². The molecule has 0 heterocycles. The second-order valence-electron chi connectivity index (χ2n) is 5.26. The molecule has 0 fully saturated rings. The van der Waals surface area contributed by atoms with Gasteiger partial charge in [0.05, 0.1) is 0 Å². The number of benzene rings is 2. The van der Waals surface area contributed by atoms with Crippen LogP contribution in [0.5, 0.6) is 0 Å². The lowest BCUT2D eigenvalue weighted by molar-refractivity contribution is 0.631. The second kappa shape index (κ2) is 8.13. The van der Waals surface area contributed by atoms with Crippen LogP contribution in [0, 0.1) is 6.92 Å². The maximum Gasteiger partial charge on any atom is 0.0134 e. The Hall–Kier alpha value is -1.25. The zero-order valence-electron chi connectivity index (χ0n) is 12.1. The van der Waals surface area contributed by atoms with Gasteiger partial charge in [0.25, 0.3) is 0 Å². The molecule has 2 aromatic rings. The highest BCUT2D eigenvalue weighted by molar-refractivity contribution is 7.99. The number of hydrogen-bond donors (Lipinski definition) is 1. The molecule has 106 valence electrons. The van der Waals surface area contributed by atoms with Crippen LogP contribution in [-0.4, -0.2) is 11.8 Å². The van der Waals surface area contributed by atoms with Crippen molar-refractivity contribution < 1.29 is 0 Å². The third-order valence-corrected chi connectivity index (χ3v) is 4.57. The Morgan fingerprint density at radius 3 is 2.40 bits per heavy atom. The van der Waals surface area contributed by atoms with Gasteiger partial charge in [-0.15, -0.1) is 11.8 Å². The van der Waals surface area contributed by atoms with Crippen molar-refractivity contribution in [2.75, 3.05) is 5.75 Å². The predicted molar refractivity (Wildman–Crippen MR) is 89.3 cm³/mol. The van der Waals surface area contributed by atoms with Crippen LogP contribution in [0.3, 0.4) is 0 Å². The maximum atomic E-state index is 6.19. The van der Waals surface area contributed by atoms with Gasteiger partial charge in [-0.1, -0.05) is 48.0 Å². The molecule has 0 bridgehead atoms. The molecule has 2 aromatic carbocycles. The van der Waals surface area contributed by atoms with Crippen LogP contribution in [0.25, 0.3) is 0 Å². The normalized spacial score (nSPS) is 12.3. The van der Waals surface area contributed by atoms with Gasteiger partial charge in [0.2, 0.25) is 0 Å². The minimum atomic E-state index is 0.282. The fourth-order valence-corrected chi connectivity index (χ4v) is 3.04. The number of rotatable bonds is 7. The fourth-order valence-electron chi connectivity index (χ4n) is 2.13. The molecule has 2 rings (SSSR count). The third kappa shape index (κ3) is 5.40. The summed E-state index contributed by atoms with van der Waals surface area (Å²) in [4.78, 5) is 1.31. The van der Waals surface area contributed by atoms with Crippen LogP contribution < -0.4 is 5.73 Å². The highest BCUT2D eigenvalue weighted by Gasteiger charge is 2.04. The molecular weight excluding hydrogens is 262 g/mol. The van der Waals surface area contributed by atoms with Gasteiger partial charge in [-0.3, -0.25) is 0 Å². The van der Waals surface area contributed by atoms with Crippen LogP contribution in [0.1, 0.15) is 24.0 Å². The predicted octanol–water partition coefficient (Wildman–Crippen LogP) is 4.44. The summed E-state index contributed by atoms with van der Waals surface area (Å²) in [5, 5.41) is 0. The Labute approximate surface area is 126 Å². The standard InChI is InChI=1S/C18H23NS/c1-15-10-12-18(13-11-15)20-14-17(19)9-5-8-16-6-3-2-4-7-16/h2-4,6-7,10-13,17H,5,8-9,14,19H2,1H3. The molecule has 0 saturated carbocycles. The van der Waals surface area contributed by atoms with Crippen LogP contribution in [0.15, 0.2) is 59.5 Å². The molecule has 1 unspecified atom stereocenters. The molecule has 1 atom stereocenters. The van der Waals surface area contributed by atoms with E-state index < -0.39 is 0 Å². The second-order valence-corrected chi connectivity index (χ2v) is 6.36. The van der Waals surface area contributed by atoms with E-state index in [2.05, 4.69) is 61.5 Å². The van der Waals surface area contributed by atoms with Crippen molar-refractivity contribution in [3.63, 3.8) is 0 Å². The average molecular weight is 285 g/mol. The number of aryl methyl sites for hydroxylation is 2. The SMILES string of the molecule is Cc1ccc(SCC(N)CCCc2ccccc2)cc1. The van der Waals surface area contributed by atoms with E-state index in [1.165, 1.54) is 22.4 Å². The summed E-state index contributed by atoms with van der Waals surface area (Å²) in [6.07, 6.45) is 3.39. The maximum absolute atomic E-state index is 6.19. The van der Waals surface area contributed by atoms with Crippen molar-refractivity contribution in [1.29, 1.82) is 0 Å². The zero-order valence-corrected chi connectivity index (χ0v) is 12.9. The summed E-state index contributed by atoms with van der Waals surface area (Å²) >= 11 is 1.86. The lowest BCUT2D eigenvalue weighted by atomic mass is 10.1. The van der Waals surface area contributed by atoms with Crippen LogP contribution in [-0.2, 0) is 6.42 Å². The van der Waals surface area contributed by atoms with Crippen molar-refractivity contribution in [1.82, 2.24) is 0 Å². The van der Waals surface area contributed by atoms with Gasteiger partial charge in [0.1, 0.15) is 0 Å². The minimum absolute atomic E-state index is 0.282. The monoisotopic (exact) mass is 285 g/mol. The van der Waals surface area contributed by atoms with Crippen molar-refractivity contribution in [3.8, 4) is 0 Å². The first-order valence-electron chi connectivity index (χ1n) is 7.23. The van der Waals surface area contributed by atoms with Crippen molar-refractivity contribution in [2.24, 2.45) is 5.73 Å². The third-order valence-electron chi connectivity index (χ3n) is 3.37. The zero-order chi connectivity index (χ0) is 14.2. The quantitative estimate of drug-likeness (QED) is 0.761. The van der Waals surface area contributed by atoms with E-state index in [9.17, 15) is 0 Å². The summed E-state index contributed by atoms with van der Waals surface area (Å²) in [7, 11) is 0. The first-order chi connectivity index (χ1) is 9.74. The summed E-state index contributed by atoms with van der Waals surface area (Å²) in [5.74, 6) is 0.998. The summed E-state index contributed by atoms with van der Waals surface area (Å²) in [6.45, 7) is 2.11. The fraction of sp³-hybridized carbons (Fsp3) is 0.333. The molecular formula is C18H23NS. The Morgan fingerprint density at radius 2 is 1.70 bits per heavy atom. The van der Waals surface area contributed by atoms with Gasteiger partial charge >= 0.3 is 0 Å². The van der Waals surface area contributed by atoms with Crippen LogP contribution in [0.4, 0.5) is 0 Å². The lowest BCUT2D eigenvalue weighted by Crippen LogP contribution is -2.22. The first kappa shape index (κ1) is 15.1. The number of hydrogen-bond acceptors (Lipinski definition) is 2. The summed E-state index contributed by atoms with van der Waals surface area (Å²) in [5.41, 5.74) is 8.91. The molecule has 0 radical (unpaired) electrons. The minimum Gasteiger partial charge on any atom is -0.327 e. The molecule has 1 nitrogen and oxygen atoms in total. The molecule has 0 aliphatic rings. The molecule has 2 heteroatoms. The molecule has 20 heavy (non-hydrogen) atoms. The highest BCUT2D eigenvalue weighted by atomic mass is 32.2. The number of thioether (sulfide) groups is 1. The van der Waals surface area contributed by atoms with E-state index in [0.717, 1.165) is 18.6 Å². The topological polar surface area (TPSA) is 26.0 Å². The first-order valence-corrected chi connectivity index (χ1v) is 8.21. The summed E-state index contributed by atoms with van der Waals surface area (Å²) in [6, 6.07) is 19.6. The van der Waals surface area contributed by atoms with Crippen molar-refractivity contribution >= 4 is 11.8 Å². The van der Waals surface area contributed by atoms with E-state index in [4.69, 9.17) is 5.73 Å². The molecule has 0 aliphatic heterocycles. The molecule has 0 aliphatic carbocycles. The van der Waals surface area contributed by atoms with Crippen molar-refractivity contribution in [2.45, 2.75) is 37.1 Å². The molecule has 0 spiro atoms. The molecule has 2 N–H and O–H groups in total. The van der Waals surface area contributed by atoms with Gasteiger partial charge in [-0.2, -0.15) is 0 Å². The molecule has 0 aromatic heterocycles. The lowest BCUT2D eigenvalue weighted by Gasteiger charge is -2.11. The highest BCUT2D eigenvalue weighted by Crippen LogP contribution is 2.20. The van der Waals surface area contributed by atoms with E-state index in [1.54, 1.807) is 0 Å². The van der Waals surface area contributed by atoms with Gasteiger partial charge in [-0.25, -0.2) is 0 Å². The van der Waals surface area contributed by atoms with Gasteiger partial charge in [-0.05, 0) is 43.9 Å². The summed E-state index contributed by atoms with van der Waals surface area (Å²) < 4.78 is 0. The Bertz CT molecular complexity index is 493. The van der Waals surface area contributed by atoms with Gasteiger partial charge in [0.15, 0.2) is 0 Å². The van der Waals surface area contributed by atoms with Gasteiger partial charge in [0, 0.05) is 16.7 Å². The Morgan fingerprint density at radius 1 is 1.00 bits per heavy atom. The van der Waals surface area contributed by atoms with E-state index in [1.807, 2.05) is 11.8 Å².